The first-order chi connectivity index (χ1) is 26.9. The number of hydrogen-bond acceptors (Lipinski definition) is 12. The molecule has 1 saturated carbocycles. The first-order valence-corrected chi connectivity index (χ1v) is 23.0. The fourth-order valence-electron chi connectivity index (χ4n) is 6.75. The van der Waals surface area contributed by atoms with E-state index in [9.17, 15) is 39.5 Å². The SMILES string of the molecule is CCCCCCCCCCCCCCCC(=O)OC[C@H](COP(=O)(O)OC[C@@H](O)CO)OC(=O)CCC/C=C/C[C@@H]1[C@@H](/C=C/[C@@H](O)CCCCC)[C@H](O)C[C@@H]1O. The van der Waals surface area contributed by atoms with Crippen molar-refractivity contribution in [2.24, 2.45) is 11.8 Å². The quantitative estimate of drug-likeness (QED) is 0.0158. The number of aliphatic hydroxyl groups is 5. The Balaban J connectivity index is 2.50. The summed E-state index contributed by atoms with van der Waals surface area (Å²) >= 11 is 0. The van der Waals surface area contributed by atoms with E-state index in [1.54, 1.807) is 6.08 Å². The molecule has 1 fully saturated rings. The van der Waals surface area contributed by atoms with Crippen LogP contribution in [0, 0.1) is 11.8 Å². The van der Waals surface area contributed by atoms with Gasteiger partial charge in [-0.05, 0) is 38.0 Å². The maximum absolute atomic E-state index is 12.7. The van der Waals surface area contributed by atoms with Gasteiger partial charge in [-0.2, -0.15) is 0 Å². The summed E-state index contributed by atoms with van der Waals surface area (Å²) in [6.45, 7) is 2.00. The summed E-state index contributed by atoms with van der Waals surface area (Å²) in [5, 5.41) is 49.6. The average molecular weight is 821 g/mol. The van der Waals surface area contributed by atoms with Gasteiger partial charge in [0, 0.05) is 25.2 Å². The van der Waals surface area contributed by atoms with Gasteiger partial charge in [0.15, 0.2) is 6.10 Å². The van der Waals surface area contributed by atoms with Crippen molar-refractivity contribution in [3.8, 4) is 0 Å². The van der Waals surface area contributed by atoms with E-state index in [1.165, 1.54) is 57.8 Å². The molecule has 0 aromatic heterocycles. The molecular formula is C42H77O13P. The lowest BCUT2D eigenvalue weighted by molar-refractivity contribution is -0.161. The number of ether oxygens (including phenoxy) is 2. The van der Waals surface area contributed by atoms with Gasteiger partial charge in [-0.25, -0.2) is 4.57 Å². The lowest BCUT2D eigenvalue weighted by Gasteiger charge is -2.20. The largest absolute Gasteiger partial charge is 0.472 e. The van der Waals surface area contributed by atoms with Crippen LogP contribution in [0.15, 0.2) is 24.3 Å². The minimum absolute atomic E-state index is 0.00970. The summed E-state index contributed by atoms with van der Waals surface area (Å²) in [5.41, 5.74) is 0. The van der Waals surface area contributed by atoms with Gasteiger partial charge < -0.3 is 39.9 Å². The molecule has 0 bridgehead atoms. The van der Waals surface area contributed by atoms with Gasteiger partial charge >= 0.3 is 19.8 Å². The second-order valence-electron chi connectivity index (χ2n) is 15.3. The van der Waals surface area contributed by atoms with Gasteiger partial charge in [0.2, 0.25) is 0 Å². The van der Waals surface area contributed by atoms with Crippen LogP contribution in [-0.4, -0.2) is 99.3 Å². The number of aliphatic hydroxyl groups excluding tert-OH is 5. The summed E-state index contributed by atoms with van der Waals surface area (Å²) < 4.78 is 32.7. The average Bonchev–Trinajstić information content (AvgIpc) is 3.44. The van der Waals surface area contributed by atoms with E-state index in [0.717, 1.165) is 38.5 Å². The first kappa shape index (κ1) is 52.3. The Morgan fingerprint density at radius 2 is 1.30 bits per heavy atom. The van der Waals surface area contributed by atoms with E-state index >= 15 is 0 Å². The summed E-state index contributed by atoms with van der Waals surface area (Å²) in [6, 6.07) is 0. The van der Waals surface area contributed by atoms with Crippen molar-refractivity contribution in [3.63, 3.8) is 0 Å². The van der Waals surface area contributed by atoms with Crippen LogP contribution in [0.4, 0.5) is 0 Å². The molecule has 13 nitrogen and oxygen atoms in total. The number of unbranched alkanes of at least 4 members (excludes halogenated alkanes) is 15. The zero-order valence-corrected chi connectivity index (χ0v) is 35.3. The molecule has 6 N–H and O–H groups in total. The Bertz CT molecular complexity index is 1100. The molecule has 56 heavy (non-hydrogen) atoms. The highest BCUT2D eigenvalue weighted by Crippen LogP contribution is 2.43. The second kappa shape index (κ2) is 33.2. The molecular weight excluding hydrogens is 743 g/mol. The van der Waals surface area contributed by atoms with Crippen LogP contribution in [0.3, 0.4) is 0 Å². The Morgan fingerprint density at radius 3 is 1.93 bits per heavy atom. The van der Waals surface area contributed by atoms with Gasteiger partial charge in [-0.3, -0.25) is 18.6 Å². The van der Waals surface area contributed by atoms with E-state index in [4.69, 9.17) is 19.1 Å². The topological polar surface area (TPSA) is 210 Å². The van der Waals surface area contributed by atoms with Gasteiger partial charge in [0.25, 0.3) is 0 Å². The summed E-state index contributed by atoms with van der Waals surface area (Å²) in [5.74, 6) is -1.57. The lowest BCUT2D eigenvalue weighted by atomic mass is 9.89. The smallest absolute Gasteiger partial charge is 0.462 e. The van der Waals surface area contributed by atoms with Crippen molar-refractivity contribution in [2.75, 3.05) is 26.4 Å². The molecule has 0 spiro atoms. The number of phosphoric acid groups is 1. The molecule has 0 aliphatic heterocycles. The highest BCUT2D eigenvalue weighted by molar-refractivity contribution is 7.47. The molecule has 0 aromatic carbocycles. The highest BCUT2D eigenvalue weighted by Gasteiger charge is 2.39. The molecule has 8 atom stereocenters. The molecule has 0 saturated heterocycles. The number of esters is 2. The molecule has 0 aromatic rings. The second-order valence-corrected chi connectivity index (χ2v) is 16.8. The Morgan fingerprint density at radius 1 is 0.732 bits per heavy atom. The Labute approximate surface area is 336 Å². The molecule has 1 rings (SSSR count). The predicted octanol–water partition coefficient (Wildman–Crippen LogP) is 7.38. The molecule has 1 unspecified atom stereocenters. The zero-order chi connectivity index (χ0) is 41.4. The van der Waals surface area contributed by atoms with Crippen LogP contribution in [0.5, 0.6) is 0 Å². The third kappa shape index (κ3) is 27.1. The number of hydrogen-bond donors (Lipinski definition) is 6. The third-order valence-corrected chi connectivity index (χ3v) is 11.1. The molecule has 328 valence electrons. The zero-order valence-electron chi connectivity index (χ0n) is 34.4. The standard InChI is InChI=1S/C42H77O13P/c1-3-5-7-8-9-10-11-12-13-14-15-16-21-25-41(48)52-32-36(33-54-56(50,51)53-31-35(45)30-43)55-42(49)26-22-18-17-20-24-37-38(40(47)29-39(37)46)28-27-34(44)23-19-6-4-2/h17,20,27-28,34-40,43-47H,3-16,18-19,21-26,29-33H2,1-2H3,(H,50,51)/b20-17+,28-27+/t34-,35-,36+,37+,38+,39-,40+/m0/s1. The van der Waals surface area contributed by atoms with Gasteiger partial charge in [-0.1, -0.05) is 134 Å². The number of phosphoric ester groups is 1. The van der Waals surface area contributed by atoms with Gasteiger partial charge in [-0.15, -0.1) is 0 Å². The highest BCUT2D eigenvalue weighted by atomic mass is 31.2. The molecule has 1 aliphatic carbocycles. The molecule has 0 radical (unpaired) electrons. The molecule has 14 heteroatoms. The van der Waals surface area contributed by atoms with Crippen LogP contribution in [0.25, 0.3) is 0 Å². The van der Waals surface area contributed by atoms with Crippen LogP contribution < -0.4 is 0 Å². The number of allylic oxidation sites excluding steroid dienone is 2. The predicted molar refractivity (Wildman–Crippen MR) is 216 cm³/mol. The fraction of sp³-hybridized carbons (Fsp3) is 0.857. The van der Waals surface area contributed by atoms with Crippen LogP contribution in [0.1, 0.15) is 162 Å². The van der Waals surface area contributed by atoms with E-state index < -0.39 is 70.1 Å². The number of carbonyl (C=O) groups excluding carboxylic acids is 2. The normalized spacial score (nSPS) is 21.4. The summed E-state index contributed by atoms with van der Waals surface area (Å²) in [4.78, 5) is 35.1. The monoisotopic (exact) mass is 821 g/mol. The fourth-order valence-corrected chi connectivity index (χ4v) is 7.54. The maximum atomic E-state index is 12.7. The number of carbonyl (C=O) groups is 2. The van der Waals surface area contributed by atoms with Gasteiger partial charge in [0.1, 0.15) is 12.7 Å². The van der Waals surface area contributed by atoms with Gasteiger partial charge in [0.05, 0.1) is 38.1 Å². The summed E-state index contributed by atoms with van der Waals surface area (Å²) in [6.07, 6.45) is 23.8. The minimum atomic E-state index is -4.68. The van der Waals surface area contributed by atoms with Crippen molar-refractivity contribution in [1.29, 1.82) is 0 Å². The van der Waals surface area contributed by atoms with Crippen molar-refractivity contribution >= 4 is 19.8 Å². The lowest BCUT2D eigenvalue weighted by Crippen LogP contribution is -2.29. The van der Waals surface area contributed by atoms with Crippen molar-refractivity contribution in [2.45, 2.75) is 192 Å². The van der Waals surface area contributed by atoms with E-state index in [0.29, 0.717) is 32.1 Å². The molecule has 0 amide bonds. The van der Waals surface area contributed by atoms with Crippen LogP contribution in [-0.2, 0) is 32.7 Å². The van der Waals surface area contributed by atoms with Crippen molar-refractivity contribution < 1.29 is 63.1 Å². The Kier molecular flexibility index (Phi) is 31.0. The molecule has 0 heterocycles. The number of rotatable bonds is 36. The minimum Gasteiger partial charge on any atom is -0.462 e. The van der Waals surface area contributed by atoms with E-state index in [1.807, 2.05) is 18.2 Å². The first-order valence-electron chi connectivity index (χ1n) is 21.6. The Hall–Kier alpha value is -1.67. The maximum Gasteiger partial charge on any atom is 0.472 e. The van der Waals surface area contributed by atoms with E-state index in [-0.39, 0.29) is 37.7 Å². The summed E-state index contributed by atoms with van der Waals surface area (Å²) in [7, 11) is -4.68. The van der Waals surface area contributed by atoms with E-state index in [2.05, 4.69) is 18.4 Å². The third-order valence-electron chi connectivity index (χ3n) is 10.2. The van der Waals surface area contributed by atoms with Crippen molar-refractivity contribution in [3.05, 3.63) is 24.3 Å². The molecule has 1 aliphatic rings. The van der Waals surface area contributed by atoms with Crippen LogP contribution >= 0.6 is 7.82 Å². The van der Waals surface area contributed by atoms with Crippen molar-refractivity contribution in [1.82, 2.24) is 0 Å². The van der Waals surface area contributed by atoms with Crippen LogP contribution in [0.2, 0.25) is 0 Å².